The molecule has 130 valence electrons. The lowest BCUT2D eigenvalue weighted by Crippen LogP contribution is -2.24. The summed E-state index contributed by atoms with van der Waals surface area (Å²) in [4.78, 5) is 14.4. The van der Waals surface area contributed by atoms with Gasteiger partial charge in [-0.15, -0.1) is 12.4 Å². The largest absolute Gasteiger partial charge is 0.370 e. The summed E-state index contributed by atoms with van der Waals surface area (Å²) >= 11 is 0. The molecule has 0 radical (unpaired) electrons. The highest BCUT2D eigenvalue weighted by atomic mass is 35.5. The van der Waals surface area contributed by atoms with E-state index in [0.717, 1.165) is 18.4 Å². The Morgan fingerprint density at radius 3 is 2.04 bits per heavy atom. The number of amides is 1. The third-order valence-corrected chi connectivity index (χ3v) is 5.90. The second-order valence-corrected chi connectivity index (χ2v) is 8.86. The molecule has 23 heavy (non-hydrogen) atoms. The van der Waals surface area contributed by atoms with E-state index in [1.54, 1.807) is 0 Å². The Bertz CT molecular complexity index is 857. The van der Waals surface area contributed by atoms with Crippen LogP contribution in [-0.2, 0) is 19.7 Å². The summed E-state index contributed by atoms with van der Waals surface area (Å²) < 4.78 is 47.9. The number of aryl methyl sites for hydroxylation is 1. The Morgan fingerprint density at radius 2 is 1.65 bits per heavy atom. The standard InChI is InChI=1S/C12H17N3O5S2.ClH/c1-4-22(19,20)10-5-7(2)8(11(16)15-12(13)14)6-9(10)21(3,17)18;/h5-6H,4H2,1-3H3,(H4,13,14,15,16);1H. The van der Waals surface area contributed by atoms with Crippen LogP contribution in [0.2, 0.25) is 0 Å². The van der Waals surface area contributed by atoms with Gasteiger partial charge >= 0.3 is 0 Å². The number of nitrogens with two attached hydrogens (primary N) is 2. The maximum absolute atomic E-state index is 12.1. The fraction of sp³-hybridized carbons (Fsp3) is 0.333. The van der Waals surface area contributed by atoms with Crippen molar-refractivity contribution < 1.29 is 21.6 Å². The molecule has 11 heteroatoms. The van der Waals surface area contributed by atoms with Crippen LogP contribution in [0.3, 0.4) is 0 Å². The van der Waals surface area contributed by atoms with Crippen LogP contribution in [0.4, 0.5) is 0 Å². The quantitative estimate of drug-likeness (QED) is 0.549. The summed E-state index contributed by atoms with van der Waals surface area (Å²) in [5.74, 6) is -1.59. The van der Waals surface area contributed by atoms with Crippen LogP contribution >= 0.6 is 12.4 Å². The summed E-state index contributed by atoms with van der Waals surface area (Å²) in [6.45, 7) is 2.87. The molecule has 8 nitrogen and oxygen atoms in total. The van der Waals surface area contributed by atoms with Crippen molar-refractivity contribution in [1.29, 1.82) is 0 Å². The van der Waals surface area contributed by atoms with E-state index < -0.39 is 36.4 Å². The second-order valence-electron chi connectivity index (χ2n) is 4.63. The van der Waals surface area contributed by atoms with E-state index in [2.05, 4.69) is 4.99 Å². The summed E-state index contributed by atoms with van der Waals surface area (Å²) in [6, 6.07) is 2.13. The maximum atomic E-state index is 12.1. The molecule has 0 fully saturated rings. The van der Waals surface area contributed by atoms with E-state index >= 15 is 0 Å². The lowest BCUT2D eigenvalue weighted by Gasteiger charge is -2.12. The molecule has 0 aliphatic carbocycles. The number of nitrogens with zero attached hydrogens (tertiary/aromatic N) is 1. The molecule has 0 saturated carbocycles. The second kappa shape index (κ2) is 7.28. The first-order chi connectivity index (χ1) is 9.90. The lowest BCUT2D eigenvalue weighted by atomic mass is 10.1. The van der Waals surface area contributed by atoms with Gasteiger partial charge in [-0.2, -0.15) is 4.99 Å². The Balaban J connectivity index is 0.00000484. The molecular formula is C12H18ClN3O5S2. The fourth-order valence-electron chi connectivity index (χ4n) is 1.76. The zero-order valence-electron chi connectivity index (χ0n) is 12.7. The zero-order chi connectivity index (χ0) is 17.3. The van der Waals surface area contributed by atoms with Crippen molar-refractivity contribution in [2.75, 3.05) is 12.0 Å². The number of rotatable bonds is 4. The molecule has 1 rings (SSSR count). The van der Waals surface area contributed by atoms with Crippen LogP contribution in [0.15, 0.2) is 26.9 Å². The number of sulfone groups is 2. The van der Waals surface area contributed by atoms with Crippen molar-refractivity contribution in [1.82, 2.24) is 0 Å². The summed E-state index contributed by atoms with van der Waals surface area (Å²) in [5.41, 5.74) is 10.4. The van der Waals surface area contributed by atoms with Gasteiger partial charge in [0.25, 0.3) is 5.91 Å². The van der Waals surface area contributed by atoms with Gasteiger partial charge in [0.05, 0.1) is 15.5 Å². The van der Waals surface area contributed by atoms with Gasteiger partial charge in [-0.3, -0.25) is 4.79 Å². The van der Waals surface area contributed by atoms with E-state index in [-0.39, 0.29) is 34.2 Å². The molecule has 0 atom stereocenters. The number of benzene rings is 1. The highest BCUT2D eigenvalue weighted by Crippen LogP contribution is 2.26. The van der Waals surface area contributed by atoms with Crippen molar-refractivity contribution in [3.8, 4) is 0 Å². The molecule has 0 aliphatic heterocycles. The van der Waals surface area contributed by atoms with Crippen molar-refractivity contribution in [3.05, 3.63) is 23.3 Å². The van der Waals surface area contributed by atoms with Crippen molar-refractivity contribution >= 4 is 43.9 Å². The maximum Gasteiger partial charge on any atom is 0.280 e. The van der Waals surface area contributed by atoms with Crippen LogP contribution in [0.25, 0.3) is 0 Å². The van der Waals surface area contributed by atoms with Crippen LogP contribution < -0.4 is 11.5 Å². The van der Waals surface area contributed by atoms with Crippen molar-refractivity contribution in [2.45, 2.75) is 23.6 Å². The summed E-state index contributed by atoms with van der Waals surface area (Å²) in [5, 5.41) is 0. The van der Waals surface area contributed by atoms with Crippen LogP contribution in [-0.4, -0.2) is 40.7 Å². The normalized spacial score (nSPS) is 11.4. The topological polar surface area (TPSA) is 150 Å². The average Bonchev–Trinajstić information content (AvgIpc) is 2.35. The van der Waals surface area contributed by atoms with Crippen LogP contribution in [0.5, 0.6) is 0 Å². The number of hydrogen-bond acceptors (Lipinski definition) is 5. The summed E-state index contributed by atoms with van der Waals surface area (Å²) in [7, 11) is -7.65. The number of hydrogen-bond donors (Lipinski definition) is 2. The molecule has 0 bridgehead atoms. The molecule has 0 spiro atoms. The van der Waals surface area contributed by atoms with Gasteiger partial charge in [-0.05, 0) is 24.6 Å². The molecule has 0 heterocycles. The van der Waals surface area contributed by atoms with Crippen molar-refractivity contribution in [2.24, 2.45) is 16.5 Å². The highest BCUT2D eigenvalue weighted by Gasteiger charge is 2.25. The van der Waals surface area contributed by atoms with Gasteiger partial charge in [-0.25, -0.2) is 16.8 Å². The lowest BCUT2D eigenvalue weighted by molar-refractivity contribution is 0.100. The van der Waals surface area contributed by atoms with Crippen LogP contribution in [0, 0.1) is 6.92 Å². The minimum atomic E-state index is -3.87. The molecule has 0 unspecified atom stereocenters. The third-order valence-electron chi connectivity index (χ3n) is 2.87. The smallest absolute Gasteiger partial charge is 0.280 e. The molecule has 1 aromatic carbocycles. The van der Waals surface area contributed by atoms with E-state index in [9.17, 15) is 21.6 Å². The van der Waals surface area contributed by atoms with E-state index in [0.29, 0.717) is 0 Å². The van der Waals surface area contributed by atoms with Crippen molar-refractivity contribution in [3.63, 3.8) is 0 Å². The molecule has 0 aliphatic rings. The zero-order valence-corrected chi connectivity index (χ0v) is 15.2. The van der Waals surface area contributed by atoms with Gasteiger partial charge in [0.2, 0.25) is 0 Å². The first kappa shape index (κ1) is 21.4. The van der Waals surface area contributed by atoms with E-state index in [4.69, 9.17) is 11.5 Å². The van der Waals surface area contributed by atoms with Gasteiger partial charge in [-0.1, -0.05) is 6.92 Å². The van der Waals surface area contributed by atoms with Gasteiger partial charge in [0.1, 0.15) is 0 Å². The molecule has 1 amide bonds. The molecule has 1 aromatic rings. The monoisotopic (exact) mass is 383 g/mol. The molecule has 0 aromatic heterocycles. The Kier molecular flexibility index (Phi) is 6.76. The highest BCUT2D eigenvalue weighted by molar-refractivity contribution is 7.94. The third kappa shape index (κ3) is 4.91. The molecular weight excluding hydrogens is 366 g/mol. The Hall–Kier alpha value is -1.65. The SMILES string of the molecule is CCS(=O)(=O)c1cc(C)c(C(=O)N=C(N)N)cc1S(C)(=O)=O.Cl. The van der Waals surface area contributed by atoms with Gasteiger partial charge in [0.15, 0.2) is 25.6 Å². The number of carbonyl (C=O) groups excluding carboxylic acids is 1. The fourth-order valence-corrected chi connectivity index (χ4v) is 4.38. The first-order valence-electron chi connectivity index (χ1n) is 6.11. The number of guanidine groups is 1. The van der Waals surface area contributed by atoms with Gasteiger partial charge in [0, 0.05) is 11.8 Å². The first-order valence-corrected chi connectivity index (χ1v) is 9.66. The summed E-state index contributed by atoms with van der Waals surface area (Å²) in [6.07, 6.45) is 0.862. The number of carbonyl (C=O) groups is 1. The minimum Gasteiger partial charge on any atom is -0.370 e. The predicted molar refractivity (Wildman–Crippen MR) is 89.4 cm³/mol. The van der Waals surface area contributed by atoms with Crippen LogP contribution in [0.1, 0.15) is 22.8 Å². The Morgan fingerprint density at radius 1 is 1.13 bits per heavy atom. The Labute approximate surface area is 141 Å². The molecule has 4 N–H and O–H groups in total. The van der Waals surface area contributed by atoms with Gasteiger partial charge < -0.3 is 11.5 Å². The predicted octanol–water partition coefficient (Wildman–Crippen LogP) is 0.0275. The van der Waals surface area contributed by atoms with E-state index in [1.165, 1.54) is 13.8 Å². The minimum absolute atomic E-state index is 0. The number of aliphatic imine (C=N–C) groups is 1. The molecule has 0 saturated heterocycles. The number of halogens is 1. The van der Waals surface area contributed by atoms with E-state index in [1.807, 2.05) is 0 Å². The average molecular weight is 384 g/mol.